The molecule has 0 spiro atoms. The second-order valence-corrected chi connectivity index (χ2v) is 8.50. The van der Waals surface area contributed by atoms with Gasteiger partial charge in [-0.15, -0.1) is 11.3 Å². The van der Waals surface area contributed by atoms with E-state index in [1.54, 1.807) is 24.1 Å². The van der Waals surface area contributed by atoms with Crippen LogP contribution in [0.4, 0.5) is 0 Å². The van der Waals surface area contributed by atoms with Crippen molar-refractivity contribution in [1.82, 2.24) is 9.80 Å². The van der Waals surface area contributed by atoms with Crippen LogP contribution in [0.3, 0.4) is 0 Å². The molecule has 2 aliphatic heterocycles. The predicted molar refractivity (Wildman–Crippen MR) is 118 cm³/mol. The average Bonchev–Trinajstić information content (AvgIpc) is 3.43. The zero-order valence-corrected chi connectivity index (χ0v) is 18.3. The molecule has 2 aromatic rings. The lowest BCUT2D eigenvalue weighted by Crippen LogP contribution is -2.39. The number of carbonyl (C=O) groups is 2. The van der Waals surface area contributed by atoms with Crippen molar-refractivity contribution in [2.45, 2.75) is 12.5 Å². The number of aliphatic hydroxyl groups excluding tert-OH is 1. The lowest BCUT2D eigenvalue weighted by molar-refractivity contribution is -0.129. The van der Waals surface area contributed by atoms with E-state index in [0.29, 0.717) is 17.2 Å². The van der Waals surface area contributed by atoms with Crippen molar-refractivity contribution in [3.05, 3.63) is 63.6 Å². The zero-order valence-electron chi connectivity index (χ0n) is 17.5. The molecule has 0 saturated carbocycles. The van der Waals surface area contributed by atoms with E-state index in [1.807, 2.05) is 29.6 Å². The van der Waals surface area contributed by atoms with E-state index in [0.717, 1.165) is 44.8 Å². The Kier molecular flexibility index (Phi) is 6.70. The van der Waals surface area contributed by atoms with E-state index in [1.165, 1.54) is 11.3 Å². The number of aliphatic hydroxyl groups is 1. The van der Waals surface area contributed by atoms with Gasteiger partial charge < -0.3 is 19.5 Å². The van der Waals surface area contributed by atoms with Crippen LogP contribution in [0, 0.1) is 0 Å². The second kappa shape index (κ2) is 9.64. The SMILES string of the molecule is COc1cccc(C2C(C(=O)c3cccs3)=C(O)C(=O)N2CCCN2CCOCC2)c1. The number of ether oxygens (including phenoxy) is 2. The first kappa shape index (κ1) is 21.5. The number of benzene rings is 1. The van der Waals surface area contributed by atoms with Crippen LogP contribution in [0.25, 0.3) is 0 Å². The molecule has 0 bridgehead atoms. The maximum atomic E-state index is 13.2. The van der Waals surface area contributed by atoms with Gasteiger partial charge in [0.15, 0.2) is 5.76 Å². The molecule has 1 amide bonds. The number of hydrogen-bond acceptors (Lipinski definition) is 7. The van der Waals surface area contributed by atoms with Crippen LogP contribution in [0.1, 0.15) is 27.7 Å². The van der Waals surface area contributed by atoms with Crippen molar-refractivity contribution in [3.63, 3.8) is 0 Å². The third kappa shape index (κ3) is 4.51. The number of methoxy groups -OCH3 is 1. The average molecular weight is 443 g/mol. The number of thiophene rings is 1. The molecule has 7 nitrogen and oxygen atoms in total. The minimum Gasteiger partial charge on any atom is -0.503 e. The lowest BCUT2D eigenvalue weighted by atomic mass is 9.95. The molecule has 31 heavy (non-hydrogen) atoms. The van der Waals surface area contributed by atoms with E-state index in [9.17, 15) is 14.7 Å². The van der Waals surface area contributed by atoms with Crippen LogP contribution in [0.15, 0.2) is 53.1 Å². The summed E-state index contributed by atoms with van der Waals surface area (Å²) in [7, 11) is 1.57. The highest BCUT2D eigenvalue weighted by atomic mass is 32.1. The smallest absolute Gasteiger partial charge is 0.290 e. The molecule has 1 aromatic carbocycles. The number of ketones is 1. The fourth-order valence-electron chi connectivity index (χ4n) is 4.10. The summed E-state index contributed by atoms with van der Waals surface area (Å²) >= 11 is 1.30. The lowest BCUT2D eigenvalue weighted by Gasteiger charge is -2.30. The number of amides is 1. The van der Waals surface area contributed by atoms with Gasteiger partial charge in [0, 0.05) is 26.2 Å². The maximum Gasteiger partial charge on any atom is 0.290 e. The molecule has 164 valence electrons. The Morgan fingerprint density at radius 2 is 2.03 bits per heavy atom. The van der Waals surface area contributed by atoms with Crippen molar-refractivity contribution in [1.29, 1.82) is 0 Å². The molecular formula is C23H26N2O5S. The summed E-state index contributed by atoms with van der Waals surface area (Å²) < 4.78 is 10.7. The number of rotatable bonds is 8. The molecule has 4 rings (SSSR count). The molecule has 8 heteroatoms. The molecule has 0 radical (unpaired) electrons. The second-order valence-electron chi connectivity index (χ2n) is 7.55. The van der Waals surface area contributed by atoms with Crippen molar-refractivity contribution in [2.24, 2.45) is 0 Å². The van der Waals surface area contributed by atoms with Gasteiger partial charge in [0.25, 0.3) is 5.91 Å². The standard InChI is InChI=1S/C23H26N2O5S/c1-29-17-6-2-5-16(15-17)20-19(21(26)18-7-3-14-31-18)22(27)23(28)25(20)9-4-8-24-10-12-30-13-11-24/h2-3,5-7,14-15,20,27H,4,8-13H2,1H3. The summed E-state index contributed by atoms with van der Waals surface area (Å²) in [5.41, 5.74) is 0.870. The first-order chi connectivity index (χ1) is 15.1. The van der Waals surface area contributed by atoms with E-state index in [4.69, 9.17) is 9.47 Å². The van der Waals surface area contributed by atoms with Crippen LogP contribution >= 0.6 is 11.3 Å². The summed E-state index contributed by atoms with van der Waals surface area (Å²) in [4.78, 5) is 30.6. The Labute approximate surface area is 185 Å². The molecule has 1 fully saturated rings. The normalized spacial score (nSPS) is 19.8. The number of carbonyl (C=O) groups excluding carboxylic acids is 2. The molecule has 1 aromatic heterocycles. The number of Topliss-reactive ketones (excluding diaryl/α,β-unsaturated/α-hetero) is 1. The van der Waals surface area contributed by atoms with E-state index < -0.39 is 17.7 Å². The van der Waals surface area contributed by atoms with Crippen molar-refractivity contribution < 1.29 is 24.2 Å². The minimum atomic E-state index is -0.651. The Hall–Kier alpha value is -2.68. The summed E-state index contributed by atoms with van der Waals surface area (Å²) in [6.07, 6.45) is 0.736. The third-order valence-electron chi connectivity index (χ3n) is 5.68. The topological polar surface area (TPSA) is 79.3 Å². The molecule has 1 unspecified atom stereocenters. The monoisotopic (exact) mass is 442 g/mol. The number of morpholine rings is 1. The molecule has 1 atom stereocenters. The van der Waals surface area contributed by atoms with Crippen molar-refractivity contribution in [3.8, 4) is 5.75 Å². The minimum absolute atomic E-state index is 0.132. The Bertz CT molecular complexity index is 966. The van der Waals surface area contributed by atoms with Crippen molar-refractivity contribution in [2.75, 3.05) is 46.5 Å². The first-order valence-electron chi connectivity index (χ1n) is 10.4. The van der Waals surface area contributed by atoms with Gasteiger partial charge in [0.2, 0.25) is 5.78 Å². The summed E-state index contributed by atoms with van der Waals surface area (Å²) in [5, 5.41) is 12.5. The highest BCUT2D eigenvalue weighted by molar-refractivity contribution is 7.12. The fraction of sp³-hybridized carbons (Fsp3) is 0.391. The van der Waals surface area contributed by atoms with Gasteiger partial charge in [0.05, 0.1) is 36.8 Å². The van der Waals surface area contributed by atoms with Crippen LogP contribution in [0.5, 0.6) is 5.75 Å². The molecule has 2 aliphatic rings. The Balaban J connectivity index is 1.61. The van der Waals surface area contributed by atoms with E-state index in [2.05, 4.69) is 4.90 Å². The Morgan fingerprint density at radius 1 is 1.23 bits per heavy atom. The van der Waals surface area contributed by atoms with Gasteiger partial charge in [0.1, 0.15) is 5.75 Å². The van der Waals surface area contributed by atoms with Crippen LogP contribution in [-0.2, 0) is 9.53 Å². The van der Waals surface area contributed by atoms with Gasteiger partial charge in [-0.2, -0.15) is 0 Å². The van der Waals surface area contributed by atoms with Gasteiger partial charge in [-0.25, -0.2) is 0 Å². The largest absolute Gasteiger partial charge is 0.503 e. The number of hydrogen-bond donors (Lipinski definition) is 1. The molecule has 3 heterocycles. The summed E-state index contributed by atoms with van der Waals surface area (Å²) in [6, 6.07) is 10.2. The van der Waals surface area contributed by atoms with E-state index >= 15 is 0 Å². The zero-order chi connectivity index (χ0) is 21.8. The molecular weight excluding hydrogens is 416 g/mol. The molecule has 1 N–H and O–H groups in total. The predicted octanol–water partition coefficient (Wildman–Crippen LogP) is 3.06. The molecule has 1 saturated heterocycles. The van der Waals surface area contributed by atoms with Crippen LogP contribution in [-0.4, -0.2) is 73.1 Å². The summed E-state index contributed by atoms with van der Waals surface area (Å²) in [5.74, 6) is -0.649. The number of nitrogens with zero attached hydrogens (tertiary/aromatic N) is 2. The fourth-order valence-corrected chi connectivity index (χ4v) is 4.78. The van der Waals surface area contributed by atoms with Crippen LogP contribution in [0.2, 0.25) is 0 Å². The highest BCUT2D eigenvalue weighted by Gasteiger charge is 2.43. The quantitative estimate of drug-likeness (QED) is 0.633. The Morgan fingerprint density at radius 3 is 2.74 bits per heavy atom. The van der Waals surface area contributed by atoms with Crippen LogP contribution < -0.4 is 4.74 Å². The van der Waals surface area contributed by atoms with Gasteiger partial charge >= 0.3 is 0 Å². The third-order valence-corrected chi connectivity index (χ3v) is 6.55. The highest BCUT2D eigenvalue weighted by Crippen LogP contribution is 2.40. The first-order valence-corrected chi connectivity index (χ1v) is 11.2. The van der Waals surface area contributed by atoms with Gasteiger partial charge in [-0.1, -0.05) is 18.2 Å². The van der Waals surface area contributed by atoms with Gasteiger partial charge in [-0.3, -0.25) is 14.5 Å². The van der Waals surface area contributed by atoms with Gasteiger partial charge in [-0.05, 0) is 35.6 Å². The maximum absolute atomic E-state index is 13.2. The van der Waals surface area contributed by atoms with E-state index in [-0.39, 0.29) is 11.4 Å². The summed E-state index contributed by atoms with van der Waals surface area (Å²) in [6.45, 7) is 4.45. The molecule has 0 aliphatic carbocycles. The van der Waals surface area contributed by atoms with Crippen molar-refractivity contribution >= 4 is 23.0 Å².